The molecule has 0 fully saturated rings. The molecule has 0 atom stereocenters. The molecule has 0 amide bonds. The molecular weight excluding hydrogens is 1120 g/mol. The van der Waals surface area contributed by atoms with Crippen LogP contribution in [0.2, 0.25) is 0 Å². The third kappa shape index (κ3) is 124. The van der Waals surface area contributed by atoms with Crippen LogP contribution in [0.15, 0.2) is 0 Å². The van der Waals surface area contributed by atoms with Crippen molar-refractivity contribution in [2.45, 2.75) is 170 Å². The highest BCUT2D eigenvalue weighted by molar-refractivity contribution is 5.74. The van der Waals surface area contributed by atoms with Crippen molar-refractivity contribution in [1.82, 2.24) is 0 Å². The molecule has 0 saturated carbocycles. The van der Waals surface area contributed by atoms with Crippen molar-refractivity contribution in [3.05, 3.63) is 0 Å². The topological polar surface area (TPSA) is 685 Å². The zero-order valence-corrected chi connectivity index (χ0v) is 47.7. The molecule has 0 saturated heterocycles. The number of rotatable bonds is 36. The zero-order valence-electron chi connectivity index (χ0n) is 47.7. The molecule has 0 aromatic carbocycles. The fraction of sp³-hybridized carbons (Fsp3) is 0.979. The van der Waals surface area contributed by atoms with Gasteiger partial charge in [-0.15, -0.1) is 0 Å². The maximum Gasteiger partial charge on any atom is 0.364 e. The van der Waals surface area contributed by atoms with E-state index in [4.69, 9.17) is 169 Å². The van der Waals surface area contributed by atoms with Gasteiger partial charge in [-0.3, -0.25) is 0 Å². The minimum absolute atomic E-state index is 0.0830. The van der Waals surface area contributed by atoms with Crippen molar-refractivity contribution in [2.24, 2.45) is 0 Å². The lowest BCUT2D eigenvalue weighted by Gasteiger charge is -2.15. The van der Waals surface area contributed by atoms with E-state index < -0.39 is 72.8 Å². The Morgan fingerprint density at radius 1 is 0.244 bits per heavy atom. The molecule has 34 nitrogen and oxygen atoms in total. The molecule has 0 rings (SSSR count). The van der Waals surface area contributed by atoms with Crippen molar-refractivity contribution < 1.29 is 173 Å². The summed E-state index contributed by atoms with van der Waals surface area (Å²) in [5.41, 5.74) is 0. The third-order valence-electron chi connectivity index (χ3n) is 8.44. The van der Waals surface area contributed by atoms with Crippen LogP contribution in [-0.4, -0.2) is 373 Å². The Labute approximate surface area is 480 Å². The number of carbonyl (C=O) groups is 1. The predicted octanol–water partition coefficient (Wildman–Crippen LogP) is -12.1. The normalized spacial score (nSPS) is 10.5. The molecule has 0 aromatic rings. The Morgan fingerprint density at radius 3 is 0.439 bits per heavy atom. The molecule has 82 heavy (non-hydrogen) atoms. The standard InChI is InChI=1S/C18H36O4.10C3H8O3/c1-2-3-4-5-6-7-8-9-10-11-12-13-14-15-16-18(21,22)17(19)20;10*4-1-3(6)2-5/h21-22H,2-16H2,1H3,(H,19,20);10*3-6H,1-2H2. The fourth-order valence-corrected chi connectivity index (χ4v) is 3.25. The molecule has 0 unspecified atom stereocenters. The highest BCUT2D eigenvalue weighted by Crippen LogP contribution is 2.16. The Morgan fingerprint density at radius 2 is 0.354 bits per heavy atom. The summed E-state index contributed by atoms with van der Waals surface area (Å²) in [4.78, 5) is 10.5. The van der Waals surface area contributed by atoms with Gasteiger partial charge in [0.25, 0.3) is 5.79 Å². The van der Waals surface area contributed by atoms with Crippen molar-refractivity contribution >= 4 is 5.97 Å². The first kappa shape index (κ1) is 105. The average Bonchev–Trinajstić information content (AvgIpc) is 3.51. The molecule has 0 aliphatic rings. The summed E-state index contributed by atoms with van der Waals surface area (Å²) in [6, 6.07) is 0. The second-order valence-electron chi connectivity index (χ2n) is 16.7. The number of carboxylic acids is 1. The second kappa shape index (κ2) is 92.9. The molecule has 0 aliphatic heterocycles. The summed E-state index contributed by atoms with van der Waals surface area (Å²) in [5, 5.41) is 267. The van der Waals surface area contributed by atoms with Gasteiger partial charge < -0.3 is 169 Å². The first-order valence-corrected chi connectivity index (χ1v) is 26.3. The monoisotopic (exact) mass is 1240 g/mol. The zero-order chi connectivity index (χ0) is 66.6. The van der Waals surface area contributed by atoms with E-state index in [9.17, 15) is 4.79 Å². The van der Waals surface area contributed by atoms with Crippen molar-refractivity contribution in [3.63, 3.8) is 0 Å². The van der Waals surface area contributed by atoms with E-state index >= 15 is 0 Å². The van der Waals surface area contributed by atoms with Gasteiger partial charge in [0.05, 0.1) is 132 Å². The highest BCUT2D eigenvalue weighted by atomic mass is 16.5. The summed E-state index contributed by atoms with van der Waals surface area (Å²) in [5.74, 6) is -4.10. The average molecular weight is 1240 g/mol. The number of aliphatic hydroxyl groups is 32. The van der Waals surface area contributed by atoms with Crippen LogP contribution in [0.3, 0.4) is 0 Å². The van der Waals surface area contributed by atoms with E-state index in [0.29, 0.717) is 6.42 Å². The first-order chi connectivity index (χ1) is 38.6. The van der Waals surface area contributed by atoms with Gasteiger partial charge in [-0.05, 0) is 6.42 Å². The molecule has 0 spiro atoms. The Hall–Kier alpha value is -1.81. The Balaban J connectivity index is -0.0000000795. The fourth-order valence-electron chi connectivity index (χ4n) is 3.25. The summed E-state index contributed by atoms with van der Waals surface area (Å²) >= 11 is 0. The number of aliphatic carboxylic acids is 1. The van der Waals surface area contributed by atoms with Crippen LogP contribution < -0.4 is 0 Å². The van der Waals surface area contributed by atoms with Crippen molar-refractivity contribution in [3.8, 4) is 0 Å². The SMILES string of the molecule is CCCCCCCCCCCCCCCCC(O)(O)C(=O)O.OCC(O)CO.OCC(O)CO.OCC(O)CO.OCC(O)CO.OCC(O)CO.OCC(O)CO.OCC(O)CO.OCC(O)CO.OCC(O)CO.OCC(O)CO. The van der Waals surface area contributed by atoms with Crippen LogP contribution in [0.25, 0.3) is 0 Å². The van der Waals surface area contributed by atoms with Gasteiger partial charge in [-0.2, -0.15) is 0 Å². The van der Waals surface area contributed by atoms with Crippen LogP contribution >= 0.6 is 0 Å². The first-order valence-electron chi connectivity index (χ1n) is 26.3. The third-order valence-corrected chi connectivity index (χ3v) is 8.44. The van der Waals surface area contributed by atoms with Gasteiger partial charge in [-0.1, -0.05) is 90.4 Å². The van der Waals surface area contributed by atoms with E-state index in [1.807, 2.05) is 0 Å². The van der Waals surface area contributed by atoms with Crippen LogP contribution in [-0.2, 0) is 4.79 Å². The van der Waals surface area contributed by atoms with Gasteiger partial charge in [0, 0.05) is 6.42 Å². The summed E-state index contributed by atoms with van der Waals surface area (Å²) < 4.78 is 0. The van der Waals surface area contributed by atoms with Crippen LogP contribution in [0.4, 0.5) is 0 Å². The van der Waals surface area contributed by atoms with E-state index in [0.717, 1.165) is 19.3 Å². The molecule has 0 aliphatic carbocycles. The maximum absolute atomic E-state index is 10.5. The Kier molecular flexibility index (Phi) is 119. The van der Waals surface area contributed by atoms with Crippen LogP contribution in [0, 0.1) is 0 Å². The van der Waals surface area contributed by atoms with Crippen molar-refractivity contribution in [1.29, 1.82) is 0 Å². The van der Waals surface area contributed by atoms with Gasteiger partial charge in [0.1, 0.15) is 61.0 Å². The largest absolute Gasteiger partial charge is 0.477 e. The molecule has 512 valence electrons. The minimum atomic E-state index is -2.54. The molecule has 34 heteroatoms. The molecule has 0 radical (unpaired) electrons. The lowest BCUT2D eigenvalue weighted by Crippen LogP contribution is -2.37. The van der Waals surface area contributed by atoms with E-state index in [2.05, 4.69) is 6.92 Å². The highest BCUT2D eigenvalue weighted by Gasteiger charge is 2.31. The number of hydrogen-bond donors (Lipinski definition) is 33. The molecule has 0 heterocycles. The number of unbranched alkanes of at least 4 members (excludes halogenated alkanes) is 13. The molecule has 33 N–H and O–H groups in total. The maximum atomic E-state index is 10.5. The van der Waals surface area contributed by atoms with Gasteiger partial charge in [0.2, 0.25) is 0 Å². The minimum Gasteiger partial charge on any atom is -0.477 e. The molecule has 0 aromatic heterocycles. The lowest BCUT2D eigenvalue weighted by molar-refractivity contribution is -0.205. The van der Waals surface area contributed by atoms with E-state index in [-0.39, 0.29) is 139 Å². The van der Waals surface area contributed by atoms with Gasteiger partial charge in [0.15, 0.2) is 0 Å². The second-order valence-corrected chi connectivity index (χ2v) is 16.7. The summed E-state index contributed by atoms with van der Waals surface area (Å²) in [7, 11) is 0. The van der Waals surface area contributed by atoms with Gasteiger partial charge >= 0.3 is 5.97 Å². The lowest BCUT2D eigenvalue weighted by atomic mass is 10.0. The van der Waals surface area contributed by atoms with Crippen LogP contribution in [0.1, 0.15) is 103 Å². The van der Waals surface area contributed by atoms with Gasteiger partial charge in [-0.25, -0.2) is 4.79 Å². The number of aliphatic hydroxyl groups excluding tert-OH is 30. The summed E-state index contributed by atoms with van der Waals surface area (Å²) in [6.07, 6.45) is 7.42. The summed E-state index contributed by atoms with van der Waals surface area (Å²) in [6.45, 7) is -5.05. The number of carboxylic acid groups (broad SMARTS) is 1. The van der Waals surface area contributed by atoms with E-state index in [1.165, 1.54) is 64.2 Å². The molecule has 0 bridgehead atoms. The van der Waals surface area contributed by atoms with E-state index in [1.54, 1.807) is 0 Å². The number of hydrogen-bond acceptors (Lipinski definition) is 33. The smallest absolute Gasteiger partial charge is 0.364 e. The molecular formula is C48H116O34. The Bertz CT molecular complexity index is 831. The predicted molar refractivity (Wildman–Crippen MR) is 292 cm³/mol. The quantitative estimate of drug-likeness (QED) is 0.0205. The van der Waals surface area contributed by atoms with Crippen molar-refractivity contribution in [2.75, 3.05) is 132 Å². The van der Waals surface area contributed by atoms with Crippen LogP contribution in [0.5, 0.6) is 0 Å².